The molecule has 22 nitrogen and oxygen atoms in total. The predicted octanol–water partition coefficient (Wildman–Crippen LogP) is 3.20. The molecule has 0 spiro atoms. The van der Waals surface area contributed by atoms with E-state index in [-0.39, 0.29) is 24.8 Å². The topological polar surface area (TPSA) is 258 Å². The van der Waals surface area contributed by atoms with Gasteiger partial charge in [-0.15, -0.1) is 11.8 Å². The van der Waals surface area contributed by atoms with Gasteiger partial charge >= 0.3 is 0 Å². The van der Waals surface area contributed by atoms with Crippen molar-refractivity contribution in [3.63, 3.8) is 0 Å². The molecule has 438 valence electrons. The molecule has 25 heteroatoms. The highest BCUT2D eigenvalue weighted by Crippen LogP contribution is 2.36. The van der Waals surface area contributed by atoms with Crippen LogP contribution in [0, 0.1) is 6.57 Å². The fourth-order valence-electron chi connectivity index (χ4n) is 6.59. The van der Waals surface area contributed by atoms with E-state index in [1.807, 2.05) is 13.8 Å². The highest BCUT2D eigenvalue weighted by molar-refractivity contribution is 8.47. The first-order valence-corrected chi connectivity index (χ1v) is 28.4. The van der Waals surface area contributed by atoms with E-state index in [4.69, 9.17) is 85.1 Å². The normalized spacial score (nSPS) is 18.4. The summed E-state index contributed by atoms with van der Waals surface area (Å²) in [6.07, 6.45) is 0.568. The van der Waals surface area contributed by atoms with Gasteiger partial charge in [-0.2, -0.15) is 0 Å². The average Bonchev–Trinajstić information content (AvgIpc) is 3.39. The lowest BCUT2D eigenvalue weighted by atomic mass is 9.97. The minimum absolute atomic E-state index is 0.0153. The fraction of sp³-hybridized carbons (Fsp3) is 0.900. The number of thioether (sulfide) groups is 2. The van der Waals surface area contributed by atoms with Crippen LogP contribution in [0.25, 0.3) is 4.85 Å². The number of ether oxygens (including phenoxy) is 14. The molecule has 75 heavy (non-hydrogen) atoms. The van der Waals surface area contributed by atoms with E-state index < -0.39 is 48.0 Å². The first-order valence-electron chi connectivity index (χ1n) is 26.2. The third-order valence-electron chi connectivity index (χ3n) is 10.7. The number of nitrogens with one attached hydrogen (secondary N) is 1. The van der Waals surface area contributed by atoms with Crippen molar-refractivity contribution in [1.29, 1.82) is 0 Å². The molecule has 6 atom stereocenters. The quantitative estimate of drug-likeness (QED) is 0.0387. The van der Waals surface area contributed by atoms with Crippen LogP contribution in [-0.2, 0) is 80.7 Å². The van der Waals surface area contributed by atoms with Crippen molar-refractivity contribution >= 4 is 56.7 Å². The smallest absolute Gasteiger partial charge is 0.280 e. The number of ketones is 2. The molecule has 1 aliphatic rings. The zero-order chi connectivity index (χ0) is 54.9. The van der Waals surface area contributed by atoms with E-state index in [2.05, 4.69) is 10.2 Å². The standard InChI is InChI=1S/C50H90N2O20S3/c1-5-74-49(73)75-50(3,51-4)14-13-42(55)12-10-15-59-17-18-60-19-20-61-21-22-62-23-24-63-25-26-64-27-28-65-29-30-66-31-32-67-33-34-68-35-36-69-37-38-70-40-43(56)11-8-6-7-9-16-71-48-45(52-41(2)54)47(58)46(57)44(39-53)72-48/h44-48,53,57-58H,5-40H2,1-3H3,(H,52,54)/t44-,45-,46+,47-,48-,50?/m1/s1. The fourth-order valence-corrected chi connectivity index (χ4v) is 9.46. The van der Waals surface area contributed by atoms with Crippen LogP contribution in [0.4, 0.5) is 0 Å². The van der Waals surface area contributed by atoms with E-state index in [0.29, 0.717) is 197 Å². The van der Waals surface area contributed by atoms with Gasteiger partial charge in [0.1, 0.15) is 40.3 Å². The van der Waals surface area contributed by atoms with Gasteiger partial charge in [0.2, 0.25) is 5.91 Å². The number of aliphatic hydroxyl groups excluding tert-OH is 3. The number of carbonyl (C=O) groups excluding carboxylic acids is 3. The van der Waals surface area contributed by atoms with Gasteiger partial charge in [0.15, 0.2) is 12.1 Å². The molecule has 0 saturated carbocycles. The molecule has 0 aromatic rings. The zero-order valence-electron chi connectivity index (χ0n) is 44.8. The first-order chi connectivity index (χ1) is 36.5. The number of hydrogen-bond donors (Lipinski definition) is 4. The summed E-state index contributed by atoms with van der Waals surface area (Å²) in [6, 6.07) is -0.966. The predicted molar refractivity (Wildman–Crippen MR) is 286 cm³/mol. The zero-order valence-corrected chi connectivity index (χ0v) is 47.2. The van der Waals surface area contributed by atoms with Crippen LogP contribution < -0.4 is 5.32 Å². The Bertz CT molecular complexity index is 1460. The number of rotatable bonds is 54. The van der Waals surface area contributed by atoms with Gasteiger partial charge in [0.05, 0.1) is 152 Å². The van der Waals surface area contributed by atoms with Crippen molar-refractivity contribution in [2.24, 2.45) is 0 Å². The monoisotopic (exact) mass is 1130 g/mol. The number of nitrogens with zero attached hydrogens (tertiary/aromatic N) is 1. The first kappa shape index (κ1) is 71.4. The van der Waals surface area contributed by atoms with Crippen LogP contribution in [0.15, 0.2) is 0 Å². The van der Waals surface area contributed by atoms with Crippen LogP contribution in [0.1, 0.15) is 78.6 Å². The highest BCUT2D eigenvalue weighted by Gasteiger charge is 2.45. The lowest BCUT2D eigenvalue weighted by Gasteiger charge is -2.42. The van der Waals surface area contributed by atoms with Gasteiger partial charge in [0, 0.05) is 52.7 Å². The Kier molecular flexibility index (Phi) is 48.2. The summed E-state index contributed by atoms with van der Waals surface area (Å²) >= 11 is 8.24. The lowest BCUT2D eigenvalue weighted by Crippen LogP contribution is -2.64. The summed E-state index contributed by atoms with van der Waals surface area (Å²) in [4.78, 5) is 38.9. The largest absolute Gasteiger partial charge is 0.394 e. The van der Waals surface area contributed by atoms with E-state index in [0.717, 1.165) is 22.1 Å². The Morgan fingerprint density at radius 3 is 1.41 bits per heavy atom. The number of aliphatic hydroxyl groups is 3. The maximum Gasteiger partial charge on any atom is 0.280 e. The van der Waals surface area contributed by atoms with Crippen LogP contribution in [0.5, 0.6) is 0 Å². The Morgan fingerprint density at radius 1 is 0.587 bits per heavy atom. The number of unbranched alkanes of at least 4 members (excludes halogenated alkanes) is 3. The van der Waals surface area contributed by atoms with Crippen LogP contribution in [0.2, 0.25) is 0 Å². The number of thiocarbonyl (C=S) groups is 1. The maximum atomic E-state index is 12.3. The molecule has 1 unspecified atom stereocenters. The maximum absolute atomic E-state index is 12.3. The molecule has 1 fully saturated rings. The molecule has 0 aromatic carbocycles. The molecular formula is C50H90N2O20S3. The molecule has 0 radical (unpaired) electrons. The van der Waals surface area contributed by atoms with Crippen molar-refractivity contribution in [2.75, 3.05) is 178 Å². The molecule has 4 N–H and O–H groups in total. The van der Waals surface area contributed by atoms with Gasteiger partial charge < -0.3 is 87.0 Å². The van der Waals surface area contributed by atoms with Crippen LogP contribution >= 0.6 is 35.7 Å². The summed E-state index contributed by atoms with van der Waals surface area (Å²) in [6.45, 7) is 22.6. The van der Waals surface area contributed by atoms with E-state index in [1.54, 1.807) is 11.8 Å². The summed E-state index contributed by atoms with van der Waals surface area (Å²) in [7, 11) is 0. The van der Waals surface area contributed by atoms with Crippen molar-refractivity contribution in [3.05, 3.63) is 11.4 Å². The second-order valence-corrected chi connectivity index (χ2v) is 21.0. The second-order valence-electron chi connectivity index (χ2n) is 17.0. The van der Waals surface area contributed by atoms with Gasteiger partial charge in [-0.05, 0) is 36.8 Å². The van der Waals surface area contributed by atoms with Gasteiger partial charge in [-0.1, -0.05) is 32.0 Å². The molecule has 0 aromatic heterocycles. The van der Waals surface area contributed by atoms with Crippen LogP contribution in [0.3, 0.4) is 0 Å². The minimum atomic E-state index is -1.36. The number of carbonyl (C=O) groups is 3. The SMILES string of the molecule is [C-]#[N+]C(C)(CCC(=O)CCCOCCOCCOCCOCCOCCOCCOCCOCCOCCOCCOCCOCC(=O)CCCCCCO[C@@H]1O[C@H](CO)[C@H](O)[C@H](O)[C@H]1NC(C)=O)SC(=S)SCC. The van der Waals surface area contributed by atoms with E-state index >= 15 is 0 Å². The van der Waals surface area contributed by atoms with Gasteiger partial charge in [0.25, 0.3) is 4.87 Å². The van der Waals surface area contributed by atoms with Crippen molar-refractivity contribution in [3.8, 4) is 0 Å². The third-order valence-corrected chi connectivity index (χ3v) is 13.3. The van der Waals surface area contributed by atoms with Crippen molar-refractivity contribution in [1.82, 2.24) is 5.32 Å². The highest BCUT2D eigenvalue weighted by atomic mass is 32.2. The molecule has 1 rings (SSSR count). The van der Waals surface area contributed by atoms with Crippen LogP contribution in [-0.4, -0.2) is 249 Å². The van der Waals surface area contributed by atoms with Crippen molar-refractivity contribution < 1.29 is 96.0 Å². The Balaban J connectivity index is 1.73. The molecular weight excluding hydrogens is 1040 g/mol. The number of Topliss-reactive ketones (excluding diaryl/α,β-unsaturated/α-hetero) is 2. The Labute approximate surface area is 459 Å². The number of amides is 1. The summed E-state index contributed by atoms with van der Waals surface area (Å²) in [5.41, 5.74) is 0. The summed E-state index contributed by atoms with van der Waals surface area (Å²) in [5.74, 6) is 0.612. The van der Waals surface area contributed by atoms with Gasteiger partial charge in [-0.25, -0.2) is 6.57 Å². The third kappa shape index (κ3) is 42.0. The van der Waals surface area contributed by atoms with Gasteiger partial charge in [-0.3, -0.25) is 19.2 Å². The summed E-state index contributed by atoms with van der Waals surface area (Å²) < 4.78 is 78.0. The average molecular weight is 1140 g/mol. The minimum Gasteiger partial charge on any atom is -0.394 e. The molecule has 1 amide bonds. The molecule has 1 saturated heterocycles. The Morgan fingerprint density at radius 2 is 1.00 bits per heavy atom. The summed E-state index contributed by atoms with van der Waals surface area (Å²) in [5, 5.41) is 32.4. The van der Waals surface area contributed by atoms with E-state index in [9.17, 15) is 29.7 Å². The molecule has 1 heterocycles. The van der Waals surface area contributed by atoms with E-state index in [1.165, 1.54) is 18.7 Å². The molecule has 0 aliphatic carbocycles. The molecule has 1 aliphatic heterocycles. The second kappa shape index (κ2) is 50.6. The lowest BCUT2D eigenvalue weighted by molar-refractivity contribution is -0.270. The van der Waals surface area contributed by atoms with Crippen molar-refractivity contribution in [2.45, 2.75) is 114 Å². The molecule has 0 bridgehead atoms. The Hall–Kier alpha value is -1.59. The number of hydrogen-bond acceptors (Lipinski definition) is 23.